The molecule has 1 aromatic heterocycles. The summed E-state index contributed by atoms with van der Waals surface area (Å²) in [4.78, 5) is 18.0. The quantitative estimate of drug-likeness (QED) is 0.647. The van der Waals surface area contributed by atoms with E-state index in [0.717, 1.165) is 0 Å². The van der Waals surface area contributed by atoms with E-state index < -0.39 is 0 Å². The zero-order valence-electron chi connectivity index (χ0n) is 6.53. The summed E-state index contributed by atoms with van der Waals surface area (Å²) in [7, 11) is 0. The number of hydrogen-bond acceptors (Lipinski definition) is 4. The van der Waals surface area contributed by atoms with Crippen molar-refractivity contribution in [1.82, 2.24) is 9.97 Å². The summed E-state index contributed by atoms with van der Waals surface area (Å²) in [6, 6.07) is 1.72. The number of aromatic nitrogens is 2. The minimum Gasteiger partial charge on any atom is -0.370 e. The van der Waals surface area contributed by atoms with Crippen molar-refractivity contribution in [2.75, 3.05) is 11.9 Å². The molecule has 0 spiro atoms. The van der Waals surface area contributed by atoms with Crippen LogP contribution in [0.2, 0.25) is 0 Å². The van der Waals surface area contributed by atoms with Gasteiger partial charge in [0.25, 0.3) is 0 Å². The fraction of sp³-hybridized carbons (Fsp3) is 0.286. The van der Waals surface area contributed by atoms with E-state index in [4.69, 9.17) is 5.73 Å². The number of nitrogens with two attached hydrogens (primary N) is 1. The molecule has 0 aliphatic carbocycles. The fourth-order valence-electron chi connectivity index (χ4n) is 0.709. The molecule has 1 aromatic rings. The Labute approximate surface area is 70.0 Å². The predicted molar refractivity (Wildman–Crippen MR) is 44.3 cm³/mol. The van der Waals surface area contributed by atoms with Gasteiger partial charge in [0, 0.05) is 19.2 Å². The highest BCUT2D eigenvalue weighted by Gasteiger charge is 1.94. The molecule has 0 aliphatic heterocycles. The van der Waals surface area contributed by atoms with Crippen LogP contribution in [0.25, 0.3) is 0 Å². The topological polar surface area (TPSA) is 80.9 Å². The van der Waals surface area contributed by atoms with Gasteiger partial charge in [-0.05, 0) is 6.07 Å². The molecule has 64 valence electrons. The van der Waals surface area contributed by atoms with Crippen molar-refractivity contribution < 1.29 is 4.79 Å². The average Bonchev–Trinajstić information content (AvgIpc) is 2.05. The molecule has 0 fully saturated rings. The van der Waals surface area contributed by atoms with E-state index in [9.17, 15) is 4.79 Å². The van der Waals surface area contributed by atoms with Gasteiger partial charge in [0.05, 0.1) is 0 Å². The molecule has 1 heterocycles. The zero-order valence-corrected chi connectivity index (χ0v) is 6.53. The van der Waals surface area contributed by atoms with Crippen LogP contribution < -0.4 is 11.1 Å². The number of rotatable bonds is 4. The van der Waals surface area contributed by atoms with Crippen LogP contribution in [-0.4, -0.2) is 22.4 Å². The molecule has 0 saturated heterocycles. The second kappa shape index (κ2) is 4.27. The zero-order chi connectivity index (χ0) is 8.81. The van der Waals surface area contributed by atoms with Crippen LogP contribution in [0.3, 0.4) is 0 Å². The van der Waals surface area contributed by atoms with Gasteiger partial charge in [0.2, 0.25) is 5.91 Å². The number of nitrogens with one attached hydrogen (secondary N) is 1. The first-order chi connectivity index (χ1) is 5.79. The van der Waals surface area contributed by atoms with Crippen LogP contribution in [-0.2, 0) is 4.79 Å². The molecular formula is C7H10N4O. The van der Waals surface area contributed by atoms with Crippen LogP contribution in [0, 0.1) is 0 Å². The molecule has 0 radical (unpaired) electrons. The number of carbonyl (C=O) groups excluding carboxylic acids is 1. The van der Waals surface area contributed by atoms with E-state index in [1.54, 1.807) is 12.3 Å². The van der Waals surface area contributed by atoms with Gasteiger partial charge in [0.1, 0.15) is 12.1 Å². The molecule has 5 heteroatoms. The smallest absolute Gasteiger partial charge is 0.219 e. The fourth-order valence-corrected chi connectivity index (χ4v) is 0.709. The largest absolute Gasteiger partial charge is 0.370 e. The lowest BCUT2D eigenvalue weighted by molar-refractivity contribution is -0.117. The number of amides is 1. The van der Waals surface area contributed by atoms with Crippen LogP contribution >= 0.6 is 0 Å². The lowest BCUT2D eigenvalue weighted by atomic mass is 10.4. The third-order valence-corrected chi connectivity index (χ3v) is 1.26. The van der Waals surface area contributed by atoms with Crippen molar-refractivity contribution in [3.63, 3.8) is 0 Å². The van der Waals surface area contributed by atoms with Gasteiger partial charge in [-0.1, -0.05) is 0 Å². The highest BCUT2D eigenvalue weighted by molar-refractivity contribution is 5.74. The lowest BCUT2D eigenvalue weighted by Crippen LogP contribution is -2.16. The Balaban J connectivity index is 2.29. The van der Waals surface area contributed by atoms with Crippen LogP contribution in [0.1, 0.15) is 6.42 Å². The number of primary amides is 1. The second-order valence-electron chi connectivity index (χ2n) is 2.24. The van der Waals surface area contributed by atoms with Crippen LogP contribution in [0.15, 0.2) is 18.6 Å². The Hall–Kier alpha value is -1.65. The number of nitrogens with zero attached hydrogens (tertiary/aromatic N) is 2. The van der Waals surface area contributed by atoms with Crippen molar-refractivity contribution in [3.8, 4) is 0 Å². The Morgan fingerprint density at radius 1 is 1.67 bits per heavy atom. The van der Waals surface area contributed by atoms with Gasteiger partial charge in [0.15, 0.2) is 0 Å². The van der Waals surface area contributed by atoms with E-state index in [-0.39, 0.29) is 5.91 Å². The first-order valence-corrected chi connectivity index (χ1v) is 3.57. The lowest BCUT2D eigenvalue weighted by Gasteiger charge is -2.01. The maximum atomic E-state index is 10.3. The van der Waals surface area contributed by atoms with Crippen LogP contribution in [0.5, 0.6) is 0 Å². The molecule has 0 aromatic carbocycles. The Kier molecular flexibility index (Phi) is 3.01. The maximum Gasteiger partial charge on any atom is 0.219 e. The average molecular weight is 166 g/mol. The molecular weight excluding hydrogens is 156 g/mol. The molecule has 0 atom stereocenters. The second-order valence-corrected chi connectivity index (χ2v) is 2.24. The minimum atomic E-state index is -0.323. The molecule has 12 heavy (non-hydrogen) atoms. The monoisotopic (exact) mass is 166 g/mol. The molecule has 0 unspecified atom stereocenters. The molecule has 1 amide bonds. The first kappa shape index (κ1) is 8.45. The summed E-state index contributed by atoms with van der Waals surface area (Å²) in [5, 5.41) is 2.92. The summed E-state index contributed by atoms with van der Waals surface area (Å²) in [6.07, 6.45) is 3.37. The van der Waals surface area contributed by atoms with Gasteiger partial charge in [-0.25, -0.2) is 9.97 Å². The molecule has 1 rings (SSSR count). The van der Waals surface area contributed by atoms with Gasteiger partial charge in [-0.15, -0.1) is 0 Å². The van der Waals surface area contributed by atoms with E-state index in [0.29, 0.717) is 18.8 Å². The maximum absolute atomic E-state index is 10.3. The normalized spacial score (nSPS) is 9.33. The van der Waals surface area contributed by atoms with Gasteiger partial charge < -0.3 is 11.1 Å². The van der Waals surface area contributed by atoms with Crippen molar-refractivity contribution in [1.29, 1.82) is 0 Å². The highest BCUT2D eigenvalue weighted by atomic mass is 16.1. The summed E-state index contributed by atoms with van der Waals surface area (Å²) in [5.74, 6) is 0.378. The standard InChI is InChI=1S/C7H10N4O/c8-6(12)1-4-10-7-2-3-9-5-11-7/h2-3,5H,1,4H2,(H2,8,12)(H,9,10,11). The van der Waals surface area contributed by atoms with E-state index >= 15 is 0 Å². The number of carbonyl (C=O) groups is 1. The van der Waals surface area contributed by atoms with E-state index in [1.165, 1.54) is 6.33 Å². The predicted octanol–water partition coefficient (Wildman–Crippen LogP) is -0.236. The van der Waals surface area contributed by atoms with Crippen LogP contribution in [0.4, 0.5) is 5.82 Å². The molecule has 0 aliphatic rings. The first-order valence-electron chi connectivity index (χ1n) is 3.57. The minimum absolute atomic E-state index is 0.310. The van der Waals surface area contributed by atoms with Crippen molar-refractivity contribution in [2.45, 2.75) is 6.42 Å². The summed E-state index contributed by atoms with van der Waals surface area (Å²) in [6.45, 7) is 0.506. The van der Waals surface area contributed by atoms with Gasteiger partial charge in [-0.3, -0.25) is 4.79 Å². The number of anilines is 1. The van der Waals surface area contributed by atoms with E-state index in [1.807, 2.05) is 0 Å². The summed E-state index contributed by atoms with van der Waals surface area (Å²) >= 11 is 0. The molecule has 0 saturated carbocycles. The van der Waals surface area contributed by atoms with Crippen molar-refractivity contribution in [3.05, 3.63) is 18.6 Å². The molecule has 3 N–H and O–H groups in total. The third-order valence-electron chi connectivity index (χ3n) is 1.26. The van der Waals surface area contributed by atoms with Crippen molar-refractivity contribution >= 4 is 11.7 Å². The number of hydrogen-bond donors (Lipinski definition) is 2. The highest BCUT2D eigenvalue weighted by Crippen LogP contribution is 1.96. The van der Waals surface area contributed by atoms with Gasteiger partial charge >= 0.3 is 0 Å². The molecule has 5 nitrogen and oxygen atoms in total. The Morgan fingerprint density at radius 2 is 2.50 bits per heavy atom. The summed E-state index contributed by atoms with van der Waals surface area (Å²) in [5.41, 5.74) is 4.94. The summed E-state index contributed by atoms with van der Waals surface area (Å²) < 4.78 is 0. The van der Waals surface area contributed by atoms with Crippen molar-refractivity contribution in [2.24, 2.45) is 5.73 Å². The third kappa shape index (κ3) is 2.96. The Morgan fingerprint density at radius 3 is 3.08 bits per heavy atom. The SMILES string of the molecule is NC(=O)CCNc1ccncn1. The van der Waals surface area contributed by atoms with E-state index in [2.05, 4.69) is 15.3 Å². The molecule has 0 bridgehead atoms. The van der Waals surface area contributed by atoms with Gasteiger partial charge in [-0.2, -0.15) is 0 Å². The Bertz CT molecular complexity index is 249.